The number of aliphatic carboxylic acids is 1. The van der Waals surface area contributed by atoms with E-state index in [1.165, 1.54) is 18.2 Å². The molecule has 0 aliphatic heterocycles. The van der Waals surface area contributed by atoms with Crippen LogP contribution in [0.1, 0.15) is 5.56 Å². The maximum atomic E-state index is 12.8. The predicted octanol–water partition coefficient (Wildman–Crippen LogP) is 1.90. The number of amides is 1. The summed E-state index contributed by atoms with van der Waals surface area (Å²) >= 11 is 11.6. The molecular weight excluding hydrogens is 423 g/mol. The van der Waals surface area contributed by atoms with E-state index in [9.17, 15) is 19.2 Å². The summed E-state index contributed by atoms with van der Waals surface area (Å²) in [5, 5.41) is 11.9. The van der Waals surface area contributed by atoms with E-state index >= 15 is 0 Å². The summed E-state index contributed by atoms with van der Waals surface area (Å²) in [6.45, 7) is 0.399. The first-order valence-electron chi connectivity index (χ1n) is 8.25. The fourth-order valence-electron chi connectivity index (χ4n) is 2.97. The number of anilines is 1. The maximum Gasteiger partial charge on any atom is 0.332 e. The molecule has 0 radical (unpaired) electrons. The Morgan fingerprint density at radius 1 is 1.10 bits per heavy atom. The van der Waals surface area contributed by atoms with Crippen molar-refractivity contribution in [2.24, 2.45) is 0 Å². The number of hydrogen-bond acceptors (Lipinski definition) is 5. The third kappa shape index (κ3) is 4.30. The van der Waals surface area contributed by atoms with Crippen molar-refractivity contribution in [3.63, 3.8) is 0 Å². The molecule has 29 heavy (non-hydrogen) atoms. The van der Waals surface area contributed by atoms with Crippen LogP contribution in [0, 0.1) is 6.92 Å². The Hall–Kier alpha value is -3.17. The number of rotatable bonds is 5. The smallest absolute Gasteiger partial charge is 0.332 e. The molecular formula is C18H14Cl2N4O5. The van der Waals surface area contributed by atoms with Gasteiger partial charge in [0.15, 0.2) is 0 Å². The van der Waals surface area contributed by atoms with Gasteiger partial charge in [-0.1, -0.05) is 35.3 Å². The van der Waals surface area contributed by atoms with E-state index in [2.05, 4.69) is 10.3 Å². The van der Waals surface area contributed by atoms with Crippen LogP contribution in [0.15, 0.2) is 39.9 Å². The second-order valence-corrected chi connectivity index (χ2v) is 6.95. The van der Waals surface area contributed by atoms with Gasteiger partial charge in [0.05, 0.1) is 10.9 Å². The van der Waals surface area contributed by atoms with Crippen LogP contribution in [-0.2, 0) is 22.7 Å². The van der Waals surface area contributed by atoms with Gasteiger partial charge in [-0.15, -0.1) is 0 Å². The fourth-order valence-corrected chi connectivity index (χ4v) is 3.43. The Morgan fingerprint density at radius 2 is 1.76 bits per heavy atom. The largest absolute Gasteiger partial charge is 0.480 e. The number of hydrogen-bond donors (Lipinski definition) is 2. The summed E-state index contributed by atoms with van der Waals surface area (Å²) < 4.78 is 1.65. The SMILES string of the molecule is Cc1cccc2c(=O)n(CC(=O)O)c(=O)n(CC(=O)Nc3cc(Cl)nc(Cl)c3)c12. The van der Waals surface area contributed by atoms with Gasteiger partial charge in [-0.2, -0.15) is 0 Å². The summed E-state index contributed by atoms with van der Waals surface area (Å²) in [6.07, 6.45) is 0. The number of carboxylic acid groups (broad SMARTS) is 1. The quantitative estimate of drug-likeness (QED) is 0.588. The van der Waals surface area contributed by atoms with E-state index in [0.29, 0.717) is 10.1 Å². The minimum absolute atomic E-state index is 0.0706. The normalized spacial score (nSPS) is 10.9. The average Bonchev–Trinajstić information content (AvgIpc) is 2.61. The lowest BCUT2D eigenvalue weighted by Crippen LogP contribution is -2.43. The maximum absolute atomic E-state index is 12.8. The van der Waals surface area contributed by atoms with Gasteiger partial charge in [-0.05, 0) is 30.7 Å². The van der Waals surface area contributed by atoms with E-state index in [4.69, 9.17) is 28.3 Å². The molecule has 0 saturated carbocycles. The molecule has 0 aliphatic rings. The Bertz CT molecular complexity index is 1250. The van der Waals surface area contributed by atoms with Gasteiger partial charge >= 0.3 is 11.7 Å². The van der Waals surface area contributed by atoms with Crippen molar-refractivity contribution in [1.82, 2.24) is 14.1 Å². The van der Waals surface area contributed by atoms with Crippen LogP contribution >= 0.6 is 23.2 Å². The molecule has 0 spiro atoms. The molecule has 0 fully saturated rings. The monoisotopic (exact) mass is 436 g/mol. The molecule has 11 heteroatoms. The number of fused-ring (bicyclic) bond motifs is 1. The van der Waals surface area contributed by atoms with Gasteiger partial charge in [0.2, 0.25) is 5.91 Å². The van der Waals surface area contributed by atoms with Crippen molar-refractivity contribution < 1.29 is 14.7 Å². The van der Waals surface area contributed by atoms with Crippen LogP contribution in [-0.4, -0.2) is 31.1 Å². The molecule has 0 aliphatic carbocycles. The average molecular weight is 437 g/mol. The van der Waals surface area contributed by atoms with Gasteiger partial charge in [0.25, 0.3) is 5.56 Å². The standard InChI is InChI=1S/C18H14Cl2N4O5/c1-9-3-2-4-11-16(9)23(18(29)24(17(11)28)8-15(26)27)7-14(25)21-10-5-12(19)22-13(20)6-10/h2-6H,7-8H2,1H3,(H,26,27)(H,21,22,25). The minimum atomic E-state index is -1.35. The number of aryl methyl sites for hydroxylation is 1. The van der Waals surface area contributed by atoms with Gasteiger partial charge in [-0.25, -0.2) is 14.3 Å². The molecule has 1 amide bonds. The van der Waals surface area contributed by atoms with Crippen LogP contribution in [0.5, 0.6) is 0 Å². The molecule has 0 unspecified atom stereocenters. The van der Waals surface area contributed by atoms with Crippen molar-refractivity contribution in [2.45, 2.75) is 20.0 Å². The minimum Gasteiger partial charge on any atom is -0.480 e. The number of nitrogens with one attached hydrogen (secondary N) is 1. The zero-order valence-electron chi connectivity index (χ0n) is 15.0. The highest BCUT2D eigenvalue weighted by molar-refractivity contribution is 6.33. The van der Waals surface area contributed by atoms with Crippen LogP contribution in [0.25, 0.3) is 10.9 Å². The number of benzene rings is 1. The van der Waals surface area contributed by atoms with Crippen LogP contribution in [0.2, 0.25) is 10.3 Å². The van der Waals surface area contributed by atoms with Crippen molar-refractivity contribution in [2.75, 3.05) is 5.32 Å². The molecule has 2 heterocycles. The Labute approximate surface area is 173 Å². The zero-order chi connectivity index (χ0) is 21.3. The first kappa shape index (κ1) is 20.6. The number of carboxylic acids is 1. The lowest BCUT2D eigenvalue weighted by molar-refractivity contribution is -0.137. The lowest BCUT2D eigenvalue weighted by Gasteiger charge is -2.15. The Morgan fingerprint density at radius 3 is 2.38 bits per heavy atom. The Kier molecular flexibility index (Phi) is 5.71. The summed E-state index contributed by atoms with van der Waals surface area (Å²) in [7, 11) is 0. The number of para-hydroxylation sites is 1. The van der Waals surface area contributed by atoms with Crippen molar-refractivity contribution in [3.8, 4) is 0 Å². The predicted molar refractivity (Wildman–Crippen MR) is 108 cm³/mol. The van der Waals surface area contributed by atoms with Crippen LogP contribution < -0.4 is 16.6 Å². The van der Waals surface area contributed by atoms with Crippen molar-refractivity contribution >= 4 is 51.7 Å². The van der Waals surface area contributed by atoms with Crippen molar-refractivity contribution in [1.29, 1.82) is 0 Å². The number of halogens is 2. The molecule has 9 nitrogen and oxygen atoms in total. The molecule has 150 valence electrons. The second-order valence-electron chi connectivity index (χ2n) is 6.17. The van der Waals surface area contributed by atoms with E-state index in [0.717, 1.165) is 4.57 Å². The van der Waals surface area contributed by atoms with Gasteiger partial charge < -0.3 is 10.4 Å². The third-order valence-corrected chi connectivity index (χ3v) is 4.47. The van der Waals surface area contributed by atoms with E-state index in [1.54, 1.807) is 19.1 Å². The molecule has 1 aromatic carbocycles. The summed E-state index contributed by atoms with van der Waals surface area (Å²) in [5.41, 5.74) is -0.527. The second kappa shape index (κ2) is 8.06. The van der Waals surface area contributed by atoms with Crippen LogP contribution in [0.4, 0.5) is 5.69 Å². The summed E-state index contributed by atoms with van der Waals surface area (Å²) in [4.78, 5) is 52.8. The molecule has 0 bridgehead atoms. The number of carbonyl (C=O) groups excluding carboxylic acids is 1. The Balaban J connectivity index is 2.10. The van der Waals surface area contributed by atoms with Gasteiger partial charge in [0, 0.05) is 5.69 Å². The highest BCUT2D eigenvalue weighted by Gasteiger charge is 2.18. The fraction of sp³-hybridized carbons (Fsp3) is 0.167. The third-order valence-electron chi connectivity index (χ3n) is 4.09. The summed E-state index contributed by atoms with van der Waals surface area (Å²) in [5.74, 6) is -1.95. The molecule has 0 saturated heterocycles. The highest BCUT2D eigenvalue weighted by atomic mass is 35.5. The van der Waals surface area contributed by atoms with Crippen LogP contribution in [0.3, 0.4) is 0 Å². The number of aromatic nitrogens is 3. The van der Waals surface area contributed by atoms with Crippen molar-refractivity contribution in [3.05, 3.63) is 67.0 Å². The number of carbonyl (C=O) groups is 2. The first-order valence-corrected chi connectivity index (χ1v) is 9.00. The van der Waals surface area contributed by atoms with Gasteiger partial charge in [-0.3, -0.25) is 19.0 Å². The molecule has 0 atom stereocenters. The lowest BCUT2D eigenvalue weighted by atomic mass is 10.1. The first-order chi connectivity index (χ1) is 13.7. The topological polar surface area (TPSA) is 123 Å². The molecule has 2 N–H and O–H groups in total. The van der Waals surface area contributed by atoms with E-state index in [1.807, 2.05) is 0 Å². The van der Waals surface area contributed by atoms with E-state index < -0.39 is 36.2 Å². The summed E-state index contributed by atoms with van der Waals surface area (Å²) in [6, 6.07) is 7.52. The number of nitrogens with zero attached hydrogens (tertiary/aromatic N) is 3. The number of pyridine rings is 1. The zero-order valence-corrected chi connectivity index (χ0v) is 16.5. The van der Waals surface area contributed by atoms with Gasteiger partial charge in [0.1, 0.15) is 23.4 Å². The molecule has 3 rings (SSSR count). The van der Waals surface area contributed by atoms with E-state index in [-0.39, 0.29) is 26.9 Å². The highest BCUT2D eigenvalue weighted by Crippen LogP contribution is 2.19. The molecule has 2 aromatic heterocycles. The molecule has 3 aromatic rings.